The van der Waals surface area contributed by atoms with Gasteiger partial charge in [0.05, 0.1) is 18.8 Å². The molecule has 1 aliphatic carbocycles. The molecule has 0 aromatic rings. The van der Waals surface area contributed by atoms with Crippen LogP contribution in [0.4, 0.5) is 0 Å². The number of aliphatic hydroxyl groups is 1. The second-order valence-corrected chi connectivity index (χ2v) is 3.53. The van der Waals surface area contributed by atoms with Gasteiger partial charge in [-0.25, -0.2) is 0 Å². The molecule has 3 unspecified atom stereocenters. The van der Waals surface area contributed by atoms with Crippen molar-refractivity contribution < 1.29 is 9.84 Å². The fraction of sp³-hybridized carbons (Fsp3) is 1.00. The van der Waals surface area contributed by atoms with Gasteiger partial charge in [0.2, 0.25) is 0 Å². The Morgan fingerprint density at radius 3 is 2.70 bits per heavy atom. The monoisotopic (exact) mass is 143 g/mol. The Labute approximate surface area is 60.2 Å². The van der Waals surface area contributed by atoms with E-state index in [2.05, 4.69) is 0 Å². The third-order valence-corrected chi connectivity index (χ3v) is 2.74. The predicted octanol–water partition coefficient (Wildman–Crippen LogP) is -0.515. The van der Waals surface area contributed by atoms with E-state index in [-0.39, 0.29) is 17.6 Å². The molecule has 2 bridgehead atoms. The first kappa shape index (κ1) is 6.58. The topological polar surface area (TPSA) is 55.5 Å². The van der Waals surface area contributed by atoms with Gasteiger partial charge in [0.15, 0.2) is 0 Å². The summed E-state index contributed by atoms with van der Waals surface area (Å²) in [4.78, 5) is 0. The van der Waals surface area contributed by atoms with E-state index in [1.54, 1.807) is 0 Å². The van der Waals surface area contributed by atoms with Crippen LogP contribution in [0.1, 0.15) is 12.8 Å². The van der Waals surface area contributed by atoms with E-state index >= 15 is 0 Å². The summed E-state index contributed by atoms with van der Waals surface area (Å²) in [6.07, 6.45) is 1.64. The zero-order chi connectivity index (χ0) is 7.19. The highest BCUT2D eigenvalue weighted by molar-refractivity contribution is 5.00. The average Bonchev–Trinajstić information content (AvgIpc) is 2.45. The van der Waals surface area contributed by atoms with Gasteiger partial charge in [0, 0.05) is 12.0 Å². The molecule has 1 heterocycles. The predicted molar refractivity (Wildman–Crippen MR) is 36.5 cm³/mol. The van der Waals surface area contributed by atoms with Crippen LogP contribution in [0.25, 0.3) is 0 Å². The summed E-state index contributed by atoms with van der Waals surface area (Å²) in [5, 5.41) is 9.34. The molecule has 3 atom stereocenters. The Balaban J connectivity index is 2.14. The van der Waals surface area contributed by atoms with E-state index in [0.717, 1.165) is 19.4 Å². The Morgan fingerprint density at radius 1 is 1.60 bits per heavy atom. The lowest BCUT2D eigenvalue weighted by atomic mass is 9.88. The van der Waals surface area contributed by atoms with Gasteiger partial charge in [0.25, 0.3) is 0 Å². The van der Waals surface area contributed by atoms with Gasteiger partial charge in [-0.05, 0) is 12.8 Å². The standard InChI is InChI=1S/C7H13NO2/c8-3-7-1-5(9)6(2-7)10-4-7/h5-6,9H,1-4,8H2. The van der Waals surface area contributed by atoms with Crippen molar-refractivity contribution in [2.75, 3.05) is 13.2 Å². The molecule has 58 valence electrons. The van der Waals surface area contributed by atoms with E-state index in [1.807, 2.05) is 0 Å². The first-order chi connectivity index (χ1) is 4.76. The summed E-state index contributed by atoms with van der Waals surface area (Å²) in [5.74, 6) is 0. The van der Waals surface area contributed by atoms with Crippen LogP contribution in [0.15, 0.2) is 0 Å². The van der Waals surface area contributed by atoms with Gasteiger partial charge in [-0.3, -0.25) is 0 Å². The van der Waals surface area contributed by atoms with Crippen LogP contribution < -0.4 is 5.73 Å². The molecule has 0 aromatic heterocycles. The second-order valence-electron chi connectivity index (χ2n) is 3.53. The van der Waals surface area contributed by atoms with E-state index in [0.29, 0.717) is 6.54 Å². The van der Waals surface area contributed by atoms with E-state index in [4.69, 9.17) is 10.5 Å². The molecule has 0 radical (unpaired) electrons. The minimum absolute atomic E-state index is 0.0866. The van der Waals surface area contributed by atoms with Crippen LogP contribution in [0.5, 0.6) is 0 Å². The highest BCUT2D eigenvalue weighted by atomic mass is 16.5. The molecule has 3 nitrogen and oxygen atoms in total. The normalized spacial score (nSPS) is 52.2. The summed E-state index contributed by atoms with van der Waals surface area (Å²) in [7, 11) is 0. The summed E-state index contributed by atoms with van der Waals surface area (Å²) < 4.78 is 5.33. The van der Waals surface area contributed by atoms with E-state index in [9.17, 15) is 5.11 Å². The lowest BCUT2D eigenvalue weighted by Gasteiger charge is -2.25. The summed E-state index contributed by atoms with van der Waals surface area (Å²) in [6, 6.07) is 0. The zero-order valence-electron chi connectivity index (χ0n) is 5.92. The first-order valence-electron chi connectivity index (χ1n) is 3.75. The molecule has 0 spiro atoms. The minimum atomic E-state index is -0.253. The van der Waals surface area contributed by atoms with Crippen LogP contribution in [0.3, 0.4) is 0 Å². The van der Waals surface area contributed by atoms with Crippen LogP contribution >= 0.6 is 0 Å². The summed E-state index contributed by atoms with van der Waals surface area (Å²) >= 11 is 0. The molecule has 10 heavy (non-hydrogen) atoms. The van der Waals surface area contributed by atoms with Crippen molar-refractivity contribution in [2.45, 2.75) is 25.0 Å². The third kappa shape index (κ3) is 0.713. The molecule has 1 aliphatic heterocycles. The SMILES string of the molecule is NCC12COC(C1)C(O)C2. The highest BCUT2D eigenvalue weighted by Crippen LogP contribution is 2.45. The Bertz CT molecular complexity index is 147. The molecule has 2 aliphatic rings. The van der Waals surface area contributed by atoms with Gasteiger partial charge in [-0.15, -0.1) is 0 Å². The number of nitrogens with two attached hydrogens (primary N) is 1. The molecule has 1 saturated heterocycles. The van der Waals surface area contributed by atoms with Crippen LogP contribution in [0, 0.1) is 5.41 Å². The molecule has 1 saturated carbocycles. The van der Waals surface area contributed by atoms with E-state index < -0.39 is 0 Å². The van der Waals surface area contributed by atoms with Crippen molar-refractivity contribution >= 4 is 0 Å². The molecule has 2 fully saturated rings. The Morgan fingerprint density at radius 2 is 2.40 bits per heavy atom. The molecule has 0 amide bonds. The van der Waals surface area contributed by atoms with Crippen molar-refractivity contribution in [1.29, 1.82) is 0 Å². The lowest BCUT2D eigenvalue weighted by molar-refractivity contribution is -0.0395. The van der Waals surface area contributed by atoms with Crippen LogP contribution in [-0.4, -0.2) is 30.5 Å². The average molecular weight is 143 g/mol. The van der Waals surface area contributed by atoms with Crippen LogP contribution in [-0.2, 0) is 4.74 Å². The number of aliphatic hydroxyl groups excluding tert-OH is 1. The maximum absolute atomic E-state index is 9.34. The Hall–Kier alpha value is -0.120. The minimum Gasteiger partial charge on any atom is -0.390 e. The first-order valence-corrected chi connectivity index (χ1v) is 3.75. The van der Waals surface area contributed by atoms with Gasteiger partial charge >= 0.3 is 0 Å². The molecular weight excluding hydrogens is 130 g/mol. The third-order valence-electron chi connectivity index (χ3n) is 2.74. The smallest absolute Gasteiger partial charge is 0.0841 e. The fourth-order valence-corrected chi connectivity index (χ4v) is 2.02. The summed E-state index contributed by atoms with van der Waals surface area (Å²) in [6.45, 7) is 1.41. The fourth-order valence-electron chi connectivity index (χ4n) is 2.02. The second kappa shape index (κ2) is 1.94. The van der Waals surface area contributed by atoms with Crippen molar-refractivity contribution in [2.24, 2.45) is 11.1 Å². The van der Waals surface area contributed by atoms with Gasteiger partial charge in [-0.2, -0.15) is 0 Å². The number of ether oxygens (including phenoxy) is 1. The number of fused-ring (bicyclic) bond motifs is 2. The molecule has 3 heteroatoms. The van der Waals surface area contributed by atoms with Crippen molar-refractivity contribution in [1.82, 2.24) is 0 Å². The molecule has 2 rings (SSSR count). The number of rotatable bonds is 1. The maximum atomic E-state index is 9.34. The van der Waals surface area contributed by atoms with Crippen molar-refractivity contribution in [3.8, 4) is 0 Å². The quantitative estimate of drug-likeness (QED) is 0.519. The van der Waals surface area contributed by atoms with Gasteiger partial charge in [-0.1, -0.05) is 0 Å². The largest absolute Gasteiger partial charge is 0.390 e. The van der Waals surface area contributed by atoms with Crippen molar-refractivity contribution in [3.63, 3.8) is 0 Å². The maximum Gasteiger partial charge on any atom is 0.0841 e. The van der Waals surface area contributed by atoms with Crippen LogP contribution in [0.2, 0.25) is 0 Å². The van der Waals surface area contributed by atoms with Crippen molar-refractivity contribution in [3.05, 3.63) is 0 Å². The lowest BCUT2D eigenvalue weighted by Crippen LogP contribution is -2.34. The Kier molecular flexibility index (Phi) is 1.27. The highest BCUT2D eigenvalue weighted by Gasteiger charge is 2.50. The van der Waals surface area contributed by atoms with Gasteiger partial charge in [0.1, 0.15) is 0 Å². The zero-order valence-corrected chi connectivity index (χ0v) is 5.92. The van der Waals surface area contributed by atoms with Gasteiger partial charge < -0.3 is 15.6 Å². The molecule has 3 N–H and O–H groups in total. The number of hydrogen-bond donors (Lipinski definition) is 2. The molecular formula is C7H13NO2. The molecule has 0 aromatic carbocycles. The summed E-state index contributed by atoms with van der Waals surface area (Å²) in [5.41, 5.74) is 5.71. The van der Waals surface area contributed by atoms with E-state index in [1.165, 1.54) is 0 Å². The number of hydrogen-bond acceptors (Lipinski definition) is 3.